The van der Waals surface area contributed by atoms with Crippen molar-refractivity contribution in [2.45, 2.75) is 19.5 Å². The summed E-state index contributed by atoms with van der Waals surface area (Å²) in [6.07, 6.45) is 2.95. The maximum atomic E-state index is 13.5. The number of fused-ring (bicyclic) bond motifs is 1. The Morgan fingerprint density at radius 1 is 1.26 bits per heavy atom. The molecule has 0 spiro atoms. The number of carbonyl (C=O) groups excluding carboxylic acids is 1. The molecule has 8 nitrogen and oxygen atoms in total. The minimum atomic E-state index is -0.578. The van der Waals surface area contributed by atoms with E-state index in [2.05, 4.69) is 25.5 Å². The van der Waals surface area contributed by atoms with Crippen molar-refractivity contribution in [3.05, 3.63) is 87.6 Å². The van der Waals surface area contributed by atoms with Gasteiger partial charge in [0.2, 0.25) is 0 Å². The number of H-pyrrole nitrogens is 2. The van der Waals surface area contributed by atoms with Gasteiger partial charge in [-0.25, -0.2) is 14.2 Å². The van der Waals surface area contributed by atoms with Crippen molar-refractivity contribution in [3.8, 4) is 0 Å². The molecule has 1 atom stereocenters. The zero-order valence-electron chi connectivity index (χ0n) is 16.4. The lowest BCUT2D eigenvalue weighted by molar-refractivity contribution is 0.187. The van der Waals surface area contributed by atoms with Crippen molar-refractivity contribution in [2.24, 2.45) is 0 Å². The fourth-order valence-electron chi connectivity index (χ4n) is 3.37. The van der Waals surface area contributed by atoms with E-state index >= 15 is 0 Å². The number of aromatic amines is 2. The number of halogens is 2. The molecule has 0 radical (unpaired) electrons. The van der Waals surface area contributed by atoms with Crippen LogP contribution in [0, 0.1) is 5.82 Å². The Balaban J connectivity index is 1.71. The Hall–Kier alpha value is -3.72. The number of pyridine rings is 1. The summed E-state index contributed by atoms with van der Waals surface area (Å²) in [5.41, 5.74) is 0.887. The predicted molar refractivity (Wildman–Crippen MR) is 115 cm³/mol. The first-order valence-electron chi connectivity index (χ1n) is 9.41. The number of nitrogens with zero attached hydrogens (tertiary/aromatic N) is 3. The minimum Gasteiger partial charge on any atom is -0.328 e. The van der Waals surface area contributed by atoms with E-state index in [9.17, 15) is 14.0 Å². The topological polar surface area (TPSA) is 107 Å². The summed E-state index contributed by atoms with van der Waals surface area (Å²) >= 11 is 5.83. The van der Waals surface area contributed by atoms with E-state index in [1.807, 2.05) is 19.1 Å². The van der Waals surface area contributed by atoms with E-state index in [4.69, 9.17) is 11.6 Å². The molecule has 2 aromatic carbocycles. The second-order valence-corrected chi connectivity index (χ2v) is 7.32. The average Bonchev–Trinajstić information content (AvgIpc) is 3.28. The van der Waals surface area contributed by atoms with Gasteiger partial charge < -0.3 is 15.2 Å². The lowest BCUT2D eigenvalue weighted by Crippen LogP contribution is -2.37. The lowest BCUT2D eigenvalue weighted by Gasteiger charge is -2.29. The number of nitrogens with one attached hydrogen (secondary N) is 3. The molecular formula is C21H18ClFN6O2. The van der Waals surface area contributed by atoms with Gasteiger partial charge in [-0.1, -0.05) is 29.8 Å². The van der Waals surface area contributed by atoms with Crippen molar-refractivity contribution in [1.82, 2.24) is 25.1 Å². The van der Waals surface area contributed by atoms with Crippen LogP contribution in [0.4, 0.5) is 14.9 Å². The quantitative estimate of drug-likeness (QED) is 0.431. The molecule has 0 unspecified atom stereocenters. The third kappa shape index (κ3) is 4.26. The summed E-state index contributed by atoms with van der Waals surface area (Å²) in [6.45, 7) is 1.96. The Kier molecular flexibility index (Phi) is 5.68. The molecule has 0 fully saturated rings. The van der Waals surface area contributed by atoms with Crippen LogP contribution in [-0.2, 0) is 6.54 Å². The molecule has 0 aliphatic heterocycles. The molecule has 158 valence electrons. The zero-order valence-corrected chi connectivity index (χ0v) is 17.2. The molecule has 31 heavy (non-hydrogen) atoms. The number of amides is 2. The number of urea groups is 1. The molecule has 10 heteroatoms. The highest BCUT2D eigenvalue weighted by atomic mass is 35.5. The number of aromatic nitrogens is 4. The number of benzene rings is 2. The van der Waals surface area contributed by atoms with Crippen LogP contribution in [0.25, 0.3) is 10.8 Å². The van der Waals surface area contributed by atoms with Crippen molar-refractivity contribution in [3.63, 3.8) is 0 Å². The van der Waals surface area contributed by atoms with Gasteiger partial charge in [0.05, 0.1) is 17.6 Å². The zero-order chi connectivity index (χ0) is 22.0. The Morgan fingerprint density at radius 2 is 2.03 bits per heavy atom. The molecular weight excluding hydrogens is 423 g/mol. The summed E-state index contributed by atoms with van der Waals surface area (Å²) < 4.78 is 13.5. The van der Waals surface area contributed by atoms with Gasteiger partial charge in [-0.05, 0) is 42.1 Å². The van der Waals surface area contributed by atoms with Gasteiger partial charge in [0, 0.05) is 17.3 Å². The summed E-state index contributed by atoms with van der Waals surface area (Å²) in [6, 6.07) is 10.2. The molecule has 2 heterocycles. The van der Waals surface area contributed by atoms with E-state index < -0.39 is 17.9 Å². The second-order valence-electron chi connectivity index (χ2n) is 6.91. The maximum absolute atomic E-state index is 13.5. The van der Waals surface area contributed by atoms with Crippen LogP contribution in [0.1, 0.15) is 24.4 Å². The maximum Gasteiger partial charge on any atom is 0.322 e. The number of carbonyl (C=O) groups is 1. The van der Waals surface area contributed by atoms with Gasteiger partial charge in [-0.15, -0.1) is 0 Å². The molecule has 0 aliphatic carbocycles. The molecule has 4 rings (SSSR count). The summed E-state index contributed by atoms with van der Waals surface area (Å²) in [4.78, 5) is 33.8. The van der Waals surface area contributed by atoms with Crippen molar-refractivity contribution < 1.29 is 9.18 Å². The van der Waals surface area contributed by atoms with Gasteiger partial charge in [0.1, 0.15) is 18.0 Å². The monoisotopic (exact) mass is 440 g/mol. The standard InChI is InChI=1S/C21H18ClFN6O2/c1-12(16-9-24-20(30)15-5-3-2-4-14(15)16)29(10-19-25-11-26-28-19)21(31)27-13-6-7-18(23)17(22)8-13/h2-9,11-12H,10H2,1H3,(H,24,30)(H,27,31)(H,25,26,28)/t12-/m1/s1. The average molecular weight is 441 g/mol. The molecule has 0 saturated heterocycles. The summed E-state index contributed by atoms with van der Waals surface area (Å²) in [5.74, 6) is -0.0980. The van der Waals surface area contributed by atoms with Crippen LogP contribution in [0.3, 0.4) is 0 Å². The van der Waals surface area contributed by atoms with E-state index in [0.717, 1.165) is 10.9 Å². The van der Waals surface area contributed by atoms with Crippen LogP contribution in [-0.4, -0.2) is 31.1 Å². The van der Waals surface area contributed by atoms with Crippen LogP contribution in [0.2, 0.25) is 5.02 Å². The fourth-order valence-corrected chi connectivity index (χ4v) is 3.55. The van der Waals surface area contributed by atoms with Crippen LogP contribution < -0.4 is 10.9 Å². The fraction of sp³-hybridized carbons (Fsp3) is 0.143. The highest BCUT2D eigenvalue weighted by molar-refractivity contribution is 6.31. The Bertz CT molecular complexity index is 1290. The Morgan fingerprint density at radius 3 is 2.74 bits per heavy atom. The van der Waals surface area contributed by atoms with Crippen molar-refractivity contribution in [2.75, 3.05) is 5.32 Å². The highest BCUT2D eigenvalue weighted by Gasteiger charge is 2.25. The predicted octanol–water partition coefficient (Wildman–Crippen LogP) is 4.23. The van der Waals surface area contributed by atoms with E-state index in [1.165, 1.54) is 29.4 Å². The molecule has 3 N–H and O–H groups in total. The third-order valence-electron chi connectivity index (χ3n) is 4.98. The second kappa shape index (κ2) is 8.57. The van der Waals surface area contributed by atoms with Crippen LogP contribution in [0.5, 0.6) is 0 Å². The minimum absolute atomic E-state index is 0.0979. The number of rotatable bonds is 5. The summed E-state index contributed by atoms with van der Waals surface area (Å²) in [5, 5.41) is 10.5. The molecule has 0 aliphatic rings. The van der Waals surface area contributed by atoms with Gasteiger partial charge in [0.25, 0.3) is 5.56 Å². The van der Waals surface area contributed by atoms with Gasteiger partial charge in [-0.3, -0.25) is 9.89 Å². The lowest BCUT2D eigenvalue weighted by atomic mass is 10.0. The third-order valence-corrected chi connectivity index (χ3v) is 5.27. The normalized spacial score (nSPS) is 12.0. The molecule has 2 aromatic heterocycles. The van der Waals surface area contributed by atoms with Crippen LogP contribution in [0.15, 0.2) is 59.8 Å². The molecule has 2 amide bonds. The van der Waals surface area contributed by atoms with Gasteiger partial charge >= 0.3 is 6.03 Å². The first kappa shape index (κ1) is 20.5. The van der Waals surface area contributed by atoms with Gasteiger partial charge in [-0.2, -0.15) is 5.10 Å². The van der Waals surface area contributed by atoms with Crippen molar-refractivity contribution >= 4 is 34.1 Å². The first-order chi connectivity index (χ1) is 14.9. The molecule has 0 saturated carbocycles. The molecule has 4 aromatic rings. The highest BCUT2D eigenvalue weighted by Crippen LogP contribution is 2.28. The molecule has 0 bridgehead atoms. The largest absolute Gasteiger partial charge is 0.328 e. The summed E-state index contributed by atoms with van der Waals surface area (Å²) in [7, 11) is 0. The van der Waals surface area contributed by atoms with Crippen LogP contribution >= 0.6 is 11.6 Å². The number of hydrogen-bond acceptors (Lipinski definition) is 4. The number of anilines is 1. The van der Waals surface area contributed by atoms with Gasteiger partial charge in [0.15, 0.2) is 0 Å². The first-order valence-corrected chi connectivity index (χ1v) is 9.79. The van der Waals surface area contributed by atoms with E-state index in [-0.39, 0.29) is 17.1 Å². The smallest absolute Gasteiger partial charge is 0.322 e. The SMILES string of the molecule is C[C@H](c1c[nH]c(=O)c2ccccc12)N(Cc1ncn[nH]1)C(=O)Nc1ccc(F)c(Cl)c1. The Labute approximate surface area is 181 Å². The number of hydrogen-bond donors (Lipinski definition) is 3. The van der Waals surface area contributed by atoms with E-state index in [0.29, 0.717) is 16.9 Å². The van der Waals surface area contributed by atoms with Crippen molar-refractivity contribution in [1.29, 1.82) is 0 Å². The van der Waals surface area contributed by atoms with E-state index in [1.54, 1.807) is 18.3 Å².